The van der Waals surface area contributed by atoms with Crippen LogP contribution < -0.4 is 14.2 Å². The molecule has 0 N–H and O–H groups in total. The lowest BCUT2D eigenvalue weighted by Crippen LogP contribution is -2.43. The van der Waals surface area contributed by atoms with Crippen molar-refractivity contribution in [3.63, 3.8) is 0 Å². The summed E-state index contributed by atoms with van der Waals surface area (Å²) >= 11 is 6.65. The molecule has 43 heavy (non-hydrogen) atoms. The van der Waals surface area contributed by atoms with Gasteiger partial charge in [-0.15, -0.1) is 0 Å². The zero-order valence-electron chi connectivity index (χ0n) is 23.5. The van der Waals surface area contributed by atoms with Gasteiger partial charge in [0.25, 0.3) is 0 Å². The molecule has 0 amide bonds. The minimum Gasteiger partial charge on any atom is -0.467 e. The Balaban J connectivity index is 1.43. The third-order valence-corrected chi connectivity index (χ3v) is 8.73. The van der Waals surface area contributed by atoms with Crippen molar-refractivity contribution in [2.24, 2.45) is 5.92 Å². The van der Waals surface area contributed by atoms with E-state index in [4.69, 9.17) is 30.5 Å². The Labute approximate surface area is 249 Å². The molecule has 0 unspecified atom stereocenters. The van der Waals surface area contributed by atoms with Gasteiger partial charge in [-0.2, -0.15) is 23.1 Å². The maximum Gasteiger partial charge on any atom is 0.422 e. The fourth-order valence-electron chi connectivity index (χ4n) is 6.27. The molecule has 0 radical (unpaired) electrons. The summed E-state index contributed by atoms with van der Waals surface area (Å²) in [5.74, 6) is -0.753. The Hall–Kier alpha value is -3.03. The number of nitrogens with zero attached hydrogens (tertiary/aromatic N) is 4. The fraction of sp³-hybridized carbons (Fsp3) is 0.552. The van der Waals surface area contributed by atoms with Crippen LogP contribution >= 0.6 is 11.6 Å². The van der Waals surface area contributed by atoms with Crippen LogP contribution in [-0.4, -0.2) is 77.9 Å². The van der Waals surface area contributed by atoms with Gasteiger partial charge in [-0.25, -0.2) is 8.78 Å². The van der Waals surface area contributed by atoms with Crippen LogP contribution in [0.3, 0.4) is 0 Å². The van der Waals surface area contributed by atoms with E-state index in [0.29, 0.717) is 40.8 Å². The van der Waals surface area contributed by atoms with Gasteiger partial charge < -0.3 is 18.9 Å². The molecular formula is C29H30ClF5N4O4. The number of benzene rings is 1. The Morgan fingerprint density at radius 1 is 1.16 bits per heavy atom. The van der Waals surface area contributed by atoms with Gasteiger partial charge in [0, 0.05) is 36.9 Å². The second kappa shape index (κ2) is 11.5. The highest BCUT2D eigenvalue weighted by molar-refractivity contribution is 6.32. The molecule has 2 aromatic heterocycles. The van der Waals surface area contributed by atoms with Crippen molar-refractivity contribution in [2.45, 2.75) is 56.4 Å². The minimum absolute atomic E-state index is 0.00456. The average Bonchev–Trinajstić information content (AvgIpc) is 3.40. The molecule has 3 aromatic rings. The maximum atomic E-state index is 16.4. The van der Waals surface area contributed by atoms with E-state index in [1.807, 2.05) is 11.8 Å². The summed E-state index contributed by atoms with van der Waals surface area (Å²) in [6.45, 7) is 1.30. The van der Waals surface area contributed by atoms with E-state index >= 15 is 4.39 Å². The highest BCUT2D eigenvalue weighted by Gasteiger charge is 2.49. The standard InChI is InChI=1S/C29H30ClF5N4O4/c1-15-6-18(15)22-19(7-17(8-21(22)30)43-14-40-2)24-23(32)25-20(10-36-24)26(41-13-29(33,34)35)38-27(37-25)42-12-28-4-3-5-39(28)11-16(31)9-28/h7-8,10,15-16,18H,3-6,9,11-14H2,1-2H3/t15-,16+,18+,28-/m0/s1. The van der Waals surface area contributed by atoms with Crippen LogP contribution in [0, 0.1) is 11.7 Å². The molecule has 1 aliphatic carbocycles. The van der Waals surface area contributed by atoms with Gasteiger partial charge in [0.05, 0.1) is 10.9 Å². The third kappa shape index (κ3) is 6.03. The van der Waals surface area contributed by atoms with E-state index in [9.17, 15) is 17.6 Å². The van der Waals surface area contributed by atoms with E-state index < -0.39 is 36.2 Å². The quantitative estimate of drug-likeness (QED) is 0.186. The zero-order chi connectivity index (χ0) is 30.5. The minimum atomic E-state index is -4.68. The molecule has 4 heterocycles. The molecule has 3 aliphatic rings. The van der Waals surface area contributed by atoms with Gasteiger partial charge in [0.2, 0.25) is 5.88 Å². The predicted molar refractivity (Wildman–Crippen MR) is 147 cm³/mol. The van der Waals surface area contributed by atoms with Crippen molar-refractivity contribution in [2.75, 3.05) is 40.2 Å². The SMILES string of the molecule is COCOc1cc(Cl)c([C@@H]2C[C@@H]2C)c(-c2ncc3c(OCC(F)(F)F)nc(OC[C@@]45CCCN4C[C@H](F)C5)nc3c2F)c1. The van der Waals surface area contributed by atoms with Crippen LogP contribution in [0.1, 0.15) is 44.1 Å². The lowest BCUT2D eigenvalue weighted by molar-refractivity contribution is -0.153. The zero-order valence-corrected chi connectivity index (χ0v) is 24.3. The summed E-state index contributed by atoms with van der Waals surface area (Å²) in [5.41, 5.74) is 0.0196. The molecule has 3 fully saturated rings. The Bertz CT molecular complexity index is 1530. The molecule has 0 spiro atoms. The van der Waals surface area contributed by atoms with Gasteiger partial charge in [-0.1, -0.05) is 18.5 Å². The van der Waals surface area contributed by atoms with Crippen molar-refractivity contribution in [3.05, 3.63) is 34.7 Å². The summed E-state index contributed by atoms with van der Waals surface area (Å²) in [6.07, 6.45) is -1.89. The summed E-state index contributed by atoms with van der Waals surface area (Å²) in [6, 6.07) is 2.84. The number of alkyl halides is 4. The summed E-state index contributed by atoms with van der Waals surface area (Å²) in [5, 5.41) is 0.200. The highest BCUT2D eigenvalue weighted by Crippen LogP contribution is 2.53. The number of aromatic nitrogens is 3. The number of pyridine rings is 1. The number of rotatable bonds is 10. The molecular weight excluding hydrogens is 599 g/mol. The van der Waals surface area contributed by atoms with Crippen LogP contribution in [0.4, 0.5) is 22.0 Å². The number of ether oxygens (including phenoxy) is 4. The number of hydrogen-bond acceptors (Lipinski definition) is 8. The second-order valence-corrected chi connectivity index (χ2v) is 11.9. The van der Waals surface area contributed by atoms with Crippen molar-refractivity contribution < 1.29 is 40.9 Å². The predicted octanol–water partition coefficient (Wildman–Crippen LogP) is 6.49. The lowest BCUT2D eigenvalue weighted by atomic mass is 9.95. The molecule has 2 saturated heterocycles. The number of hydrogen-bond donors (Lipinski definition) is 0. The molecule has 6 rings (SSSR count). The number of fused-ring (bicyclic) bond motifs is 2. The molecule has 8 nitrogen and oxygen atoms in total. The first-order chi connectivity index (χ1) is 20.5. The fourth-order valence-corrected chi connectivity index (χ4v) is 6.62. The Kier molecular flexibility index (Phi) is 8.01. The Morgan fingerprint density at radius 2 is 1.95 bits per heavy atom. The van der Waals surface area contributed by atoms with Crippen LogP contribution in [0.25, 0.3) is 22.2 Å². The van der Waals surface area contributed by atoms with Gasteiger partial charge in [-0.05, 0) is 55.3 Å². The van der Waals surface area contributed by atoms with Gasteiger partial charge in [0.15, 0.2) is 19.2 Å². The summed E-state index contributed by atoms with van der Waals surface area (Å²) < 4.78 is 91.4. The molecule has 0 bridgehead atoms. The first-order valence-electron chi connectivity index (χ1n) is 14.0. The van der Waals surface area contributed by atoms with E-state index in [0.717, 1.165) is 12.8 Å². The summed E-state index contributed by atoms with van der Waals surface area (Å²) in [4.78, 5) is 14.6. The average molecular weight is 629 g/mol. The van der Waals surface area contributed by atoms with Gasteiger partial charge in [0.1, 0.15) is 29.7 Å². The van der Waals surface area contributed by atoms with Crippen molar-refractivity contribution in [3.8, 4) is 28.9 Å². The first kappa shape index (κ1) is 30.0. The van der Waals surface area contributed by atoms with Crippen molar-refractivity contribution in [1.29, 1.82) is 0 Å². The van der Waals surface area contributed by atoms with Gasteiger partial charge >= 0.3 is 12.2 Å². The Morgan fingerprint density at radius 3 is 2.67 bits per heavy atom. The van der Waals surface area contributed by atoms with Crippen LogP contribution in [0.2, 0.25) is 5.02 Å². The number of methoxy groups -OCH3 is 1. The molecule has 14 heteroatoms. The van der Waals surface area contributed by atoms with Crippen LogP contribution in [-0.2, 0) is 4.74 Å². The van der Waals surface area contributed by atoms with E-state index in [2.05, 4.69) is 15.0 Å². The van der Waals surface area contributed by atoms with E-state index in [1.165, 1.54) is 13.3 Å². The maximum absolute atomic E-state index is 16.4. The summed E-state index contributed by atoms with van der Waals surface area (Å²) in [7, 11) is 1.46. The van der Waals surface area contributed by atoms with Crippen molar-refractivity contribution >= 4 is 22.5 Å². The number of halogens is 6. The topological polar surface area (TPSA) is 78.8 Å². The monoisotopic (exact) mass is 628 g/mol. The normalized spacial score (nSPS) is 25.3. The van der Waals surface area contributed by atoms with Gasteiger partial charge in [-0.3, -0.25) is 9.88 Å². The lowest BCUT2D eigenvalue weighted by Gasteiger charge is -2.30. The molecule has 1 saturated carbocycles. The van der Waals surface area contributed by atoms with E-state index in [-0.39, 0.29) is 54.9 Å². The largest absolute Gasteiger partial charge is 0.467 e. The van der Waals surface area contributed by atoms with Crippen LogP contribution in [0.15, 0.2) is 18.3 Å². The molecule has 232 valence electrons. The van der Waals surface area contributed by atoms with Crippen LogP contribution in [0.5, 0.6) is 17.6 Å². The first-order valence-corrected chi connectivity index (χ1v) is 14.4. The molecule has 4 atom stereocenters. The van der Waals surface area contributed by atoms with E-state index in [1.54, 1.807) is 12.1 Å². The molecule has 2 aliphatic heterocycles. The smallest absolute Gasteiger partial charge is 0.422 e. The highest BCUT2D eigenvalue weighted by atomic mass is 35.5. The second-order valence-electron chi connectivity index (χ2n) is 11.5. The van der Waals surface area contributed by atoms with Crippen molar-refractivity contribution in [1.82, 2.24) is 19.9 Å². The molecule has 1 aromatic carbocycles. The third-order valence-electron chi connectivity index (χ3n) is 8.41.